The van der Waals surface area contributed by atoms with E-state index in [1.165, 1.54) is 0 Å². The number of carbonyl (C=O) groups excluding carboxylic acids is 1. The number of anilines is 1. The molecular formula is C11H15N5OS. The van der Waals surface area contributed by atoms with Crippen LogP contribution in [0.25, 0.3) is 0 Å². The number of rotatable bonds is 5. The van der Waals surface area contributed by atoms with Crippen molar-refractivity contribution in [3.05, 3.63) is 28.0 Å². The van der Waals surface area contributed by atoms with Gasteiger partial charge in [-0.05, 0) is 6.42 Å². The molecule has 2 aromatic rings. The Balaban J connectivity index is 1.89. The molecule has 1 amide bonds. The number of aryl methyl sites for hydroxylation is 1. The fourth-order valence-electron chi connectivity index (χ4n) is 1.57. The predicted octanol–water partition coefficient (Wildman–Crippen LogP) is 0.983. The van der Waals surface area contributed by atoms with Gasteiger partial charge in [0.05, 0.1) is 16.4 Å². The molecule has 96 valence electrons. The van der Waals surface area contributed by atoms with E-state index in [1.54, 1.807) is 17.5 Å². The zero-order valence-corrected chi connectivity index (χ0v) is 10.9. The monoisotopic (exact) mass is 265 g/mol. The fraction of sp³-hybridized carbons (Fsp3) is 0.364. The van der Waals surface area contributed by atoms with Crippen molar-refractivity contribution in [2.75, 3.05) is 12.3 Å². The third-order valence-electron chi connectivity index (χ3n) is 2.56. The summed E-state index contributed by atoms with van der Waals surface area (Å²) in [6.07, 6.45) is 3.20. The van der Waals surface area contributed by atoms with Crippen molar-refractivity contribution in [1.29, 1.82) is 0 Å². The van der Waals surface area contributed by atoms with Crippen LogP contribution in [0.5, 0.6) is 0 Å². The molecule has 18 heavy (non-hydrogen) atoms. The second kappa shape index (κ2) is 5.63. The fourth-order valence-corrected chi connectivity index (χ4v) is 2.19. The molecule has 0 radical (unpaired) electrons. The Morgan fingerprint density at radius 2 is 2.44 bits per heavy atom. The molecule has 0 fully saturated rings. The van der Waals surface area contributed by atoms with Gasteiger partial charge in [0.25, 0.3) is 5.91 Å². The van der Waals surface area contributed by atoms with Gasteiger partial charge in [-0.3, -0.25) is 9.89 Å². The third-order valence-corrected chi connectivity index (χ3v) is 3.40. The smallest absolute Gasteiger partial charge is 0.273 e. The van der Waals surface area contributed by atoms with Crippen LogP contribution >= 0.6 is 11.3 Å². The Bertz CT molecular complexity index is 520. The van der Waals surface area contributed by atoms with Crippen molar-refractivity contribution in [2.45, 2.75) is 19.8 Å². The van der Waals surface area contributed by atoms with Crippen molar-refractivity contribution in [3.8, 4) is 0 Å². The maximum atomic E-state index is 11.8. The van der Waals surface area contributed by atoms with E-state index in [-0.39, 0.29) is 11.6 Å². The lowest BCUT2D eigenvalue weighted by atomic mass is 10.2. The second-order valence-corrected chi connectivity index (χ2v) is 4.73. The van der Waals surface area contributed by atoms with Crippen LogP contribution in [0.15, 0.2) is 11.6 Å². The number of nitrogen functional groups attached to an aromatic ring is 1. The maximum absolute atomic E-state index is 11.8. The van der Waals surface area contributed by atoms with Gasteiger partial charge in [-0.15, -0.1) is 11.3 Å². The highest BCUT2D eigenvalue weighted by Crippen LogP contribution is 2.14. The van der Waals surface area contributed by atoms with E-state index in [1.807, 2.05) is 12.3 Å². The number of aromatic amines is 1. The zero-order chi connectivity index (χ0) is 13.0. The average Bonchev–Trinajstić information content (AvgIpc) is 2.98. The summed E-state index contributed by atoms with van der Waals surface area (Å²) in [5.74, 6) is -0.250. The molecule has 0 saturated heterocycles. The molecule has 0 aliphatic carbocycles. The highest BCUT2D eigenvalue weighted by atomic mass is 32.1. The zero-order valence-electron chi connectivity index (χ0n) is 10.1. The van der Waals surface area contributed by atoms with Gasteiger partial charge in [-0.1, -0.05) is 6.92 Å². The summed E-state index contributed by atoms with van der Waals surface area (Å²) < 4.78 is 0. The highest BCUT2D eigenvalue weighted by Gasteiger charge is 2.15. The van der Waals surface area contributed by atoms with Crippen molar-refractivity contribution < 1.29 is 4.79 Å². The van der Waals surface area contributed by atoms with Crippen molar-refractivity contribution >= 4 is 22.9 Å². The summed E-state index contributed by atoms with van der Waals surface area (Å²) in [5, 5.41) is 12.4. The van der Waals surface area contributed by atoms with Gasteiger partial charge in [0.15, 0.2) is 5.69 Å². The van der Waals surface area contributed by atoms with Gasteiger partial charge in [0, 0.05) is 24.5 Å². The van der Waals surface area contributed by atoms with E-state index < -0.39 is 0 Å². The molecule has 4 N–H and O–H groups in total. The van der Waals surface area contributed by atoms with Crippen molar-refractivity contribution in [1.82, 2.24) is 20.5 Å². The molecule has 0 aliphatic rings. The summed E-state index contributed by atoms with van der Waals surface area (Å²) in [7, 11) is 0. The van der Waals surface area contributed by atoms with E-state index >= 15 is 0 Å². The number of nitrogens with two attached hydrogens (primary N) is 1. The SMILES string of the molecule is CCc1[nH]nc(C(=O)NCCc2nccs2)c1N. The van der Waals surface area contributed by atoms with E-state index in [0.717, 1.165) is 17.1 Å². The van der Waals surface area contributed by atoms with Crippen LogP contribution in [0.2, 0.25) is 0 Å². The van der Waals surface area contributed by atoms with Gasteiger partial charge in [0.1, 0.15) is 0 Å². The molecule has 0 bridgehead atoms. The lowest BCUT2D eigenvalue weighted by Crippen LogP contribution is -2.26. The second-order valence-electron chi connectivity index (χ2n) is 3.75. The van der Waals surface area contributed by atoms with Crippen molar-refractivity contribution in [2.24, 2.45) is 0 Å². The molecule has 0 atom stereocenters. The van der Waals surface area contributed by atoms with E-state index in [9.17, 15) is 4.79 Å². The number of carbonyl (C=O) groups is 1. The van der Waals surface area contributed by atoms with Crippen molar-refractivity contribution in [3.63, 3.8) is 0 Å². The Morgan fingerprint density at radius 3 is 3.06 bits per heavy atom. The molecular weight excluding hydrogens is 250 g/mol. The van der Waals surface area contributed by atoms with Gasteiger partial charge in [-0.25, -0.2) is 4.98 Å². The Kier molecular flexibility index (Phi) is 3.93. The number of nitrogens with zero attached hydrogens (tertiary/aromatic N) is 2. The first-order valence-corrected chi connectivity index (χ1v) is 6.59. The van der Waals surface area contributed by atoms with Crippen LogP contribution < -0.4 is 11.1 Å². The summed E-state index contributed by atoms with van der Waals surface area (Å²) in [6.45, 7) is 2.48. The molecule has 0 saturated carbocycles. The summed E-state index contributed by atoms with van der Waals surface area (Å²) in [5.41, 5.74) is 7.31. The van der Waals surface area contributed by atoms with Gasteiger partial charge < -0.3 is 11.1 Å². The minimum absolute atomic E-state index is 0.250. The van der Waals surface area contributed by atoms with Crippen LogP contribution in [-0.2, 0) is 12.8 Å². The van der Waals surface area contributed by atoms with Gasteiger partial charge in [-0.2, -0.15) is 5.10 Å². The first-order valence-electron chi connectivity index (χ1n) is 5.71. The first kappa shape index (κ1) is 12.6. The summed E-state index contributed by atoms with van der Waals surface area (Å²) in [6, 6.07) is 0. The number of aromatic nitrogens is 3. The molecule has 0 unspecified atom stereocenters. The largest absolute Gasteiger partial charge is 0.395 e. The Hall–Kier alpha value is -1.89. The van der Waals surface area contributed by atoms with Crippen LogP contribution in [0.1, 0.15) is 28.1 Å². The number of H-pyrrole nitrogens is 1. The number of hydrogen-bond acceptors (Lipinski definition) is 5. The number of amides is 1. The molecule has 7 heteroatoms. The Labute approximate surface area is 109 Å². The Morgan fingerprint density at radius 1 is 1.61 bits per heavy atom. The quantitative estimate of drug-likeness (QED) is 0.751. The van der Waals surface area contributed by atoms with Crippen LogP contribution in [-0.4, -0.2) is 27.6 Å². The molecule has 0 spiro atoms. The molecule has 2 aromatic heterocycles. The molecule has 6 nitrogen and oxygen atoms in total. The lowest BCUT2D eigenvalue weighted by molar-refractivity contribution is 0.0950. The minimum Gasteiger partial charge on any atom is -0.395 e. The third kappa shape index (κ3) is 2.67. The standard InChI is InChI=1S/C11H15N5OS/c1-2-7-9(12)10(16-15-7)11(17)14-4-3-8-13-5-6-18-8/h5-6H,2-4,12H2,1H3,(H,14,17)(H,15,16). The summed E-state index contributed by atoms with van der Waals surface area (Å²) >= 11 is 1.57. The minimum atomic E-state index is -0.250. The first-order chi connectivity index (χ1) is 8.72. The van der Waals surface area contributed by atoms with Crippen LogP contribution in [0.3, 0.4) is 0 Å². The van der Waals surface area contributed by atoms with E-state index in [2.05, 4.69) is 20.5 Å². The predicted molar refractivity (Wildman–Crippen MR) is 70.5 cm³/mol. The molecule has 0 aliphatic heterocycles. The molecule has 2 heterocycles. The number of thiazole rings is 1. The van der Waals surface area contributed by atoms with E-state index in [0.29, 0.717) is 18.7 Å². The topological polar surface area (TPSA) is 96.7 Å². The molecule has 0 aromatic carbocycles. The molecule has 2 rings (SSSR count). The van der Waals surface area contributed by atoms with Crippen LogP contribution in [0.4, 0.5) is 5.69 Å². The lowest BCUT2D eigenvalue weighted by Gasteiger charge is -2.02. The van der Waals surface area contributed by atoms with Crippen LogP contribution in [0, 0.1) is 0 Å². The van der Waals surface area contributed by atoms with Gasteiger partial charge >= 0.3 is 0 Å². The normalized spacial score (nSPS) is 10.5. The van der Waals surface area contributed by atoms with Gasteiger partial charge in [0.2, 0.25) is 0 Å². The highest BCUT2D eigenvalue weighted by molar-refractivity contribution is 7.09. The average molecular weight is 265 g/mol. The summed E-state index contributed by atoms with van der Waals surface area (Å²) in [4.78, 5) is 16.0. The van der Waals surface area contributed by atoms with E-state index in [4.69, 9.17) is 5.73 Å². The maximum Gasteiger partial charge on any atom is 0.273 e. The number of hydrogen-bond donors (Lipinski definition) is 3. The number of nitrogens with one attached hydrogen (secondary N) is 2.